The van der Waals surface area contributed by atoms with Gasteiger partial charge in [0, 0.05) is 23.1 Å². The van der Waals surface area contributed by atoms with Crippen LogP contribution in [0.1, 0.15) is 40.2 Å². The number of carbonyl (C=O) groups is 1. The Hall–Kier alpha value is -3.21. The van der Waals surface area contributed by atoms with E-state index in [0.717, 1.165) is 5.56 Å². The minimum absolute atomic E-state index is 0.0462. The third kappa shape index (κ3) is 2.20. The lowest BCUT2D eigenvalue weighted by molar-refractivity contribution is 0.0965. The molecule has 4 N–H and O–H groups in total. The highest BCUT2D eigenvalue weighted by atomic mass is 16.3. The third-order valence-electron chi connectivity index (χ3n) is 4.91. The summed E-state index contributed by atoms with van der Waals surface area (Å²) in [5.74, 6) is -1.08. The lowest BCUT2D eigenvalue weighted by atomic mass is 9.76. The zero-order chi connectivity index (χ0) is 17.7. The lowest BCUT2D eigenvalue weighted by Crippen LogP contribution is -2.17. The molecule has 0 radical (unpaired) electrons. The lowest BCUT2D eigenvalue weighted by Gasteiger charge is -2.27. The van der Waals surface area contributed by atoms with E-state index in [-0.39, 0.29) is 40.9 Å². The molecule has 0 bridgehead atoms. The van der Waals surface area contributed by atoms with Crippen LogP contribution in [-0.2, 0) is 0 Å². The molecule has 5 heteroatoms. The van der Waals surface area contributed by atoms with Crippen molar-refractivity contribution in [3.05, 3.63) is 59.2 Å². The van der Waals surface area contributed by atoms with Crippen LogP contribution >= 0.6 is 0 Å². The standard InChI is InChI=1S/C20H16O5/c21-14-7-5-11(18-13(14)2-1-3-15(18)22)10-4-8-16(23)19-12(10)6-9-17(24)20(19)25/h1-3,5-7,9-10,21-22,24-25H,4,8H2/t10-/m1/s1. The number of phenols is 4. The van der Waals surface area contributed by atoms with E-state index in [1.54, 1.807) is 36.4 Å². The normalized spacial score (nSPS) is 16.8. The molecule has 0 saturated heterocycles. The highest BCUT2D eigenvalue weighted by molar-refractivity contribution is 6.03. The van der Waals surface area contributed by atoms with E-state index in [0.29, 0.717) is 22.8 Å². The number of carbonyl (C=O) groups excluding carboxylic acids is 1. The number of Topliss-reactive ketones (excluding diaryl/α,β-unsaturated/α-hetero) is 1. The van der Waals surface area contributed by atoms with Gasteiger partial charge in [0.15, 0.2) is 17.3 Å². The Morgan fingerprint density at radius 1 is 0.800 bits per heavy atom. The van der Waals surface area contributed by atoms with Gasteiger partial charge in [0.2, 0.25) is 0 Å². The summed E-state index contributed by atoms with van der Waals surface area (Å²) in [5.41, 5.74) is 1.51. The van der Waals surface area contributed by atoms with Gasteiger partial charge in [0.25, 0.3) is 0 Å². The van der Waals surface area contributed by atoms with E-state index in [4.69, 9.17) is 0 Å². The highest BCUT2D eigenvalue weighted by Gasteiger charge is 2.31. The number of rotatable bonds is 1. The highest BCUT2D eigenvalue weighted by Crippen LogP contribution is 2.47. The van der Waals surface area contributed by atoms with E-state index in [1.165, 1.54) is 6.07 Å². The summed E-state index contributed by atoms with van der Waals surface area (Å²) in [6.45, 7) is 0. The van der Waals surface area contributed by atoms with E-state index in [9.17, 15) is 25.2 Å². The van der Waals surface area contributed by atoms with Crippen LogP contribution in [0.25, 0.3) is 10.8 Å². The van der Waals surface area contributed by atoms with Gasteiger partial charge >= 0.3 is 0 Å². The first-order valence-electron chi connectivity index (χ1n) is 8.00. The van der Waals surface area contributed by atoms with Gasteiger partial charge in [-0.15, -0.1) is 0 Å². The largest absolute Gasteiger partial charge is 0.507 e. The fourth-order valence-electron chi connectivity index (χ4n) is 3.75. The molecule has 3 aromatic carbocycles. The van der Waals surface area contributed by atoms with Crippen LogP contribution in [0.5, 0.6) is 23.0 Å². The molecule has 1 atom stereocenters. The Labute approximate surface area is 143 Å². The van der Waals surface area contributed by atoms with E-state index in [2.05, 4.69) is 0 Å². The van der Waals surface area contributed by atoms with Crippen molar-refractivity contribution in [2.45, 2.75) is 18.8 Å². The Bertz CT molecular complexity index is 1020. The molecule has 126 valence electrons. The molecule has 5 nitrogen and oxygen atoms in total. The number of aromatic hydroxyl groups is 4. The molecule has 4 rings (SSSR count). The number of hydrogen-bond donors (Lipinski definition) is 4. The molecule has 0 heterocycles. The van der Waals surface area contributed by atoms with Crippen molar-refractivity contribution < 1.29 is 25.2 Å². The molecule has 0 spiro atoms. The first-order valence-corrected chi connectivity index (χ1v) is 8.00. The first-order chi connectivity index (χ1) is 12.0. The van der Waals surface area contributed by atoms with Crippen LogP contribution in [0.4, 0.5) is 0 Å². The van der Waals surface area contributed by atoms with Gasteiger partial charge in [-0.2, -0.15) is 0 Å². The zero-order valence-corrected chi connectivity index (χ0v) is 13.2. The second-order valence-electron chi connectivity index (χ2n) is 6.29. The predicted molar refractivity (Wildman–Crippen MR) is 92.5 cm³/mol. The van der Waals surface area contributed by atoms with Crippen LogP contribution in [0.2, 0.25) is 0 Å². The fourth-order valence-corrected chi connectivity index (χ4v) is 3.75. The van der Waals surface area contributed by atoms with E-state index < -0.39 is 5.75 Å². The summed E-state index contributed by atoms with van der Waals surface area (Å²) >= 11 is 0. The first kappa shape index (κ1) is 15.3. The average molecular weight is 336 g/mol. The summed E-state index contributed by atoms with van der Waals surface area (Å²) in [6.07, 6.45) is 0.745. The molecule has 3 aromatic rings. The van der Waals surface area contributed by atoms with E-state index >= 15 is 0 Å². The Kier molecular flexibility index (Phi) is 3.32. The monoisotopic (exact) mass is 336 g/mol. The molecule has 25 heavy (non-hydrogen) atoms. The maximum absolute atomic E-state index is 12.3. The van der Waals surface area contributed by atoms with Gasteiger partial charge in [0.1, 0.15) is 11.5 Å². The minimum atomic E-state index is -0.403. The van der Waals surface area contributed by atoms with E-state index in [1.807, 2.05) is 0 Å². The van der Waals surface area contributed by atoms with Crippen LogP contribution < -0.4 is 0 Å². The maximum Gasteiger partial charge on any atom is 0.168 e. The number of hydrogen-bond acceptors (Lipinski definition) is 5. The zero-order valence-electron chi connectivity index (χ0n) is 13.2. The van der Waals surface area contributed by atoms with Crippen LogP contribution in [0.15, 0.2) is 42.5 Å². The number of ketones is 1. The molecule has 0 saturated carbocycles. The molecular weight excluding hydrogens is 320 g/mol. The number of fused-ring (bicyclic) bond motifs is 2. The minimum Gasteiger partial charge on any atom is -0.507 e. The molecular formula is C20H16O5. The van der Waals surface area contributed by atoms with Crippen molar-refractivity contribution in [3.8, 4) is 23.0 Å². The topological polar surface area (TPSA) is 98.0 Å². The average Bonchev–Trinajstić information content (AvgIpc) is 2.60. The van der Waals surface area contributed by atoms with Crippen LogP contribution in [-0.4, -0.2) is 26.2 Å². The second kappa shape index (κ2) is 5.41. The SMILES string of the molecule is O=C1CC[C@H](c2ccc(O)c3cccc(O)c23)c2ccc(O)c(O)c21. The van der Waals surface area contributed by atoms with Gasteiger partial charge in [-0.25, -0.2) is 0 Å². The fraction of sp³-hybridized carbons (Fsp3) is 0.150. The van der Waals surface area contributed by atoms with Gasteiger partial charge in [0.05, 0.1) is 5.56 Å². The molecule has 1 aliphatic carbocycles. The second-order valence-corrected chi connectivity index (χ2v) is 6.29. The summed E-state index contributed by atoms with van der Waals surface area (Å²) in [5, 5.41) is 41.3. The molecule has 1 aliphatic rings. The van der Waals surface area contributed by atoms with Gasteiger partial charge in [-0.05, 0) is 35.7 Å². The molecule has 0 aromatic heterocycles. The third-order valence-corrected chi connectivity index (χ3v) is 4.91. The van der Waals surface area contributed by atoms with Gasteiger partial charge in [-0.3, -0.25) is 4.79 Å². The summed E-state index contributed by atoms with van der Waals surface area (Å²) in [6, 6.07) is 11.2. The van der Waals surface area contributed by atoms with Crippen molar-refractivity contribution in [2.75, 3.05) is 0 Å². The van der Waals surface area contributed by atoms with Gasteiger partial charge in [-0.1, -0.05) is 24.3 Å². The summed E-state index contributed by atoms with van der Waals surface area (Å²) in [7, 11) is 0. The summed E-state index contributed by atoms with van der Waals surface area (Å²) < 4.78 is 0. The Morgan fingerprint density at radius 3 is 2.32 bits per heavy atom. The molecule has 0 fully saturated rings. The van der Waals surface area contributed by atoms with Crippen molar-refractivity contribution in [1.29, 1.82) is 0 Å². The molecule has 0 unspecified atom stereocenters. The van der Waals surface area contributed by atoms with Crippen molar-refractivity contribution in [1.82, 2.24) is 0 Å². The molecule has 0 amide bonds. The number of benzene rings is 3. The van der Waals surface area contributed by atoms with Crippen molar-refractivity contribution in [3.63, 3.8) is 0 Å². The van der Waals surface area contributed by atoms with Crippen molar-refractivity contribution >= 4 is 16.6 Å². The Balaban J connectivity index is 2.01. The van der Waals surface area contributed by atoms with Crippen LogP contribution in [0, 0.1) is 0 Å². The van der Waals surface area contributed by atoms with Gasteiger partial charge < -0.3 is 20.4 Å². The molecule has 0 aliphatic heterocycles. The predicted octanol–water partition coefficient (Wildman–Crippen LogP) is 3.77. The van der Waals surface area contributed by atoms with Crippen molar-refractivity contribution in [2.24, 2.45) is 0 Å². The maximum atomic E-state index is 12.3. The summed E-state index contributed by atoms with van der Waals surface area (Å²) in [4.78, 5) is 12.3. The Morgan fingerprint density at radius 2 is 1.52 bits per heavy atom. The quantitative estimate of drug-likeness (QED) is 0.507. The smallest absolute Gasteiger partial charge is 0.168 e. The number of phenolic OH excluding ortho intramolecular Hbond substituents is 4. The van der Waals surface area contributed by atoms with Crippen LogP contribution in [0.3, 0.4) is 0 Å².